The molecule has 0 aliphatic heterocycles. The highest BCUT2D eigenvalue weighted by Gasteiger charge is 2.22. The van der Waals surface area contributed by atoms with Crippen LogP contribution in [0.2, 0.25) is 0 Å². The first kappa shape index (κ1) is 21.9. The monoisotopic (exact) mass is 402 g/mol. The van der Waals surface area contributed by atoms with Crippen LogP contribution in [-0.2, 0) is 19.1 Å². The second-order valence-corrected chi connectivity index (χ2v) is 6.24. The van der Waals surface area contributed by atoms with Crippen LogP contribution >= 0.6 is 0 Å². The molecule has 1 atom stereocenters. The molecule has 0 aliphatic rings. The highest BCUT2D eigenvalue weighted by molar-refractivity contribution is 5.94. The molecule has 0 bridgehead atoms. The number of ether oxygens (including phenoxy) is 2. The number of rotatable bonds is 9. The average Bonchev–Trinajstić information content (AvgIpc) is 2.72. The Morgan fingerprint density at radius 3 is 2.34 bits per heavy atom. The summed E-state index contributed by atoms with van der Waals surface area (Å²) in [6.07, 6.45) is -0.463. The van der Waals surface area contributed by atoms with E-state index >= 15 is 0 Å². The Morgan fingerprint density at radius 1 is 1.07 bits per heavy atom. The van der Waals surface area contributed by atoms with E-state index in [1.54, 1.807) is 31.2 Å². The fourth-order valence-electron chi connectivity index (χ4n) is 2.33. The largest absolute Gasteiger partial charge is 0.479 e. The molecule has 2 aromatic carbocycles. The van der Waals surface area contributed by atoms with Gasteiger partial charge >= 0.3 is 5.97 Å². The van der Waals surface area contributed by atoms with Crippen LogP contribution in [0.3, 0.4) is 0 Å². The SMILES string of the molecule is CC[C@@H](Oc1ccccc1)C(=O)OCC(=O)N(C)CC(=O)Nc1ccc(F)cc1. The molecule has 2 aromatic rings. The molecule has 0 aromatic heterocycles. The van der Waals surface area contributed by atoms with Crippen molar-refractivity contribution in [3.8, 4) is 5.75 Å². The first-order valence-corrected chi connectivity index (χ1v) is 9.06. The van der Waals surface area contributed by atoms with Crippen molar-refractivity contribution in [1.29, 1.82) is 0 Å². The summed E-state index contributed by atoms with van der Waals surface area (Å²) in [5.74, 6) is -1.55. The van der Waals surface area contributed by atoms with Gasteiger partial charge in [-0.25, -0.2) is 9.18 Å². The molecule has 7 nitrogen and oxygen atoms in total. The lowest BCUT2D eigenvalue weighted by molar-refractivity contribution is -0.158. The average molecular weight is 402 g/mol. The number of halogens is 1. The Bertz CT molecular complexity index is 827. The van der Waals surface area contributed by atoms with Crippen LogP contribution in [-0.4, -0.2) is 49.0 Å². The van der Waals surface area contributed by atoms with E-state index in [2.05, 4.69) is 5.32 Å². The van der Waals surface area contributed by atoms with Gasteiger partial charge in [-0.3, -0.25) is 9.59 Å². The van der Waals surface area contributed by atoms with Gasteiger partial charge in [0.1, 0.15) is 11.6 Å². The predicted octanol–water partition coefficient (Wildman–Crippen LogP) is 2.62. The summed E-state index contributed by atoms with van der Waals surface area (Å²) in [5, 5.41) is 2.55. The topological polar surface area (TPSA) is 84.9 Å². The number of likely N-dealkylation sites (N-methyl/N-ethyl adjacent to an activating group) is 1. The number of carbonyl (C=O) groups excluding carboxylic acids is 3. The Hall–Kier alpha value is -3.42. The normalized spacial score (nSPS) is 11.3. The molecule has 154 valence electrons. The maximum Gasteiger partial charge on any atom is 0.347 e. The van der Waals surface area contributed by atoms with Crippen LogP contribution in [0, 0.1) is 5.82 Å². The van der Waals surface area contributed by atoms with E-state index in [1.807, 2.05) is 6.07 Å². The number of carbonyl (C=O) groups is 3. The fraction of sp³-hybridized carbons (Fsp3) is 0.286. The summed E-state index contributed by atoms with van der Waals surface area (Å²) in [5.41, 5.74) is 0.410. The van der Waals surface area contributed by atoms with Crippen molar-refractivity contribution >= 4 is 23.5 Å². The molecule has 0 saturated carbocycles. The van der Waals surface area contributed by atoms with E-state index in [-0.39, 0.29) is 6.54 Å². The first-order valence-electron chi connectivity index (χ1n) is 9.06. The summed E-state index contributed by atoms with van der Waals surface area (Å²) in [7, 11) is 1.41. The zero-order valence-corrected chi connectivity index (χ0v) is 16.3. The number of benzene rings is 2. The smallest absolute Gasteiger partial charge is 0.347 e. The lowest BCUT2D eigenvalue weighted by Crippen LogP contribution is -2.38. The summed E-state index contributed by atoms with van der Waals surface area (Å²) in [4.78, 5) is 37.4. The molecule has 0 fully saturated rings. The van der Waals surface area contributed by atoms with Crippen molar-refractivity contribution < 1.29 is 28.2 Å². The van der Waals surface area contributed by atoms with Gasteiger partial charge < -0.3 is 19.7 Å². The molecule has 0 aliphatic carbocycles. The summed E-state index contributed by atoms with van der Waals surface area (Å²) >= 11 is 0. The minimum atomic E-state index is -0.836. The third kappa shape index (κ3) is 7.25. The number of para-hydroxylation sites is 1. The molecule has 2 rings (SSSR count). The van der Waals surface area contributed by atoms with Gasteiger partial charge in [0.2, 0.25) is 5.91 Å². The van der Waals surface area contributed by atoms with Crippen LogP contribution in [0.5, 0.6) is 5.75 Å². The van der Waals surface area contributed by atoms with Crippen molar-refractivity contribution in [2.75, 3.05) is 25.5 Å². The highest BCUT2D eigenvalue weighted by atomic mass is 19.1. The van der Waals surface area contributed by atoms with E-state index < -0.39 is 36.3 Å². The van der Waals surface area contributed by atoms with Crippen LogP contribution in [0.4, 0.5) is 10.1 Å². The van der Waals surface area contributed by atoms with Gasteiger partial charge in [-0.2, -0.15) is 0 Å². The molecule has 0 heterocycles. The molecule has 8 heteroatoms. The highest BCUT2D eigenvalue weighted by Crippen LogP contribution is 2.13. The number of nitrogens with zero attached hydrogens (tertiary/aromatic N) is 1. The molecule has 2 amide bonds. The molecule has 0 spiro atoms. The van der Waals surface area contributed by atoms with Crippen molar-refractivity contribution in [1.82, 2.24) is 4.90 Å². The third-order valence-electron chi connectivity index (χ3n) is 3.93. The third-order valence-corrected chi connectivity index (χ3v) is 3.93. The zero-order chi connectivity index (χ0) is 21.2. The second kappa shape index (κ2) is 10.8. The molecule has 29 heavy (non-hydrogen) atoms. The number of esters is 1. The van der Waals surface area contributed by atoms with E-state index in [9.17, 15) is 18.8 Å². The number of amides is 2. The summed E-state index contributed by atoms with van der Waals surface area (Å²) in [6.45, 7) is 1.02. The van der Waals surface area contributed by atoms with E-state index in [1.165, 1.54) is 31.3 Å². The number of nitrogens with one attached hydrogen (secondary N) is 1. The molecule has 0 saturated heterocycles. The van der Waals surface area contributed by atoms with Gasteiger partial charge in [0.25, 0.3) is 5.91 Å². The number of anilines is 1. The Kier molecular flexibility index (Phi) is 8.14. The van der Waals surface area contributed by atoms with Gasteiger partial charge in [0.15, 0.2) is 12.7 Å². The van der Waals surface area contributed by atoms with Gasteiger partial charge in [-0.1, -0.05) is 25.1 Å². The number of hydrogen-bond donors (Lipinski definition) is 1. The Balaban J connectivity index is 1.78. The van der Waals surface area contributed by atoms with Crippen molar-refractivity contribution in [3.05, 3.63) is 60.4 Å². The summed E-state index contributed by atoms with van der Waals surface area (Å²) < 4.78 is 23.5. The first-order chi connectivity index (χ1) is 13.9. The molecular formula is C21H23FN2O5. The predicted molar refractivity (Wildman–Crippen MR) is 105 cm³/mol. The van der Waals surface area contributed by atoms with Crippen LogP contribution in [0.1, 0.15) is 13.3 Å². The maximum atomic E-state index is 12.9. The number of hydrogen-bond acceptors (Lipinski definition) is 5. The zero-order valence-electron chi connectivity index (χ0n) is 16.3. The summed E-state index contributed by atoms with van der Waals surface area (Å²) in [6, 6.07) is 14.1. The lowest BCUT2D eigenvalue weighted by atomic mass is 10.2. The van der Waals surface area contributed by atoms with Crippen LogP contribution < -0.4 is 10.1 Å². The Labute approximate surface area is 168 Å². The van der Waals surface area contributed by atoms with Gasteiger partial charge in [0, 0.05) is 12.7 Å². The lowest BCUT2D eigenvalue weighted by Gasteiger charge is -2.19. The van der Waals surface area contributed by atoms with Gasteiger partial charge in [0.05, 0.1) is 6.54 Å². The minimum Gasteiger partial charge on any atom is -0.479 e. The van der Waals surface area contributed by atoms with E-state index in [0.717, 1.165) is 4.90 Å². The molecule has 0 radical (unpaired) electrons. The standard InChI is InChI=1S/C21H23FN2O5/c1-3-18(29-17-7-5-4-6-8-17)21(27)28-14-20(26)24(2)13-19(25)23-16-11-9-15(22)10-12-16/h4-12,18H,3,13-14H2,1-2H3,(H,23,25)/t18-/m1/s1. The second-order valence-electron chi connectivity index (χ2n) is 6.24. The fourth-order valence-corrected chi connectivity index (χ4v) is 2.33. The van der Waals surface area contributed by atoms with Crippen molar-refractivity contribution in [2.45, 2.75) is 19.4 Å². The van der Waals surface area contributed by atoms with Gasteiger partial charge in [-0.15, -0.1) is 0 Å². The Morgan fingerprint density at radius 2 is 1.72 bits per heavy atom. The molecule has 1 N–H and O–H groups in total. The molecule has 0 unspecified atom stereocenters. The van der Waals surface area contributed by atoms with E-state index in [0.29, 0.717) is 17.9 Å². The van der Waals surface area contributed by atoms with Crippen LogP contribution in [0.25, 0.3) is 0 Å². The minimum absolute atomic E-state index is 0.245. The molecular weight excluding hydrogens is 379 g/mol. The van der Waals surface area contributed by atoms with Crippen LogP contribution in [0.15, 0.2) is 54.6 Å². The van der Waals surface area contributed by atoms with Crippen molar-refractivity contribution in [3.63, 3.8) is 0 Å². The van der Waals surface area contributed by atoms with Gasteiger partial charge in [-0.05, 0) is 42.8 Å². The van der Waals surface area contributed by atoms with Crippen molar-refractivity contribution in [2.24, 2.45) is 0 Å². The van der Waals surface area contributed by atoms with E-state index in [4.69, 9.17) is 9.47 Å². The maximum absolute atomic E-state index is 12.9. The quantitative estimate of drug-likeness (QED) is 0.652.